The van der Waals surface area contributed by atoms with Crippen LogP contribution in [0.25, 0.3) is 0 Å². The first kappa shape index (κ1) is 12.6. The molecule has 0 radical (unpaired) electrons. The molecule has 2 aromatic carbocycles. The molecular formula is C15H14ClNOS. The van der Waals surface area contributed by atoms with E-state index in [4.69, 9.17) is 16.3 Å². The van der Waals surface area contributed by atoms with E-state index in [2.05, 4.69) is 28.7 Å². The number of thiol groups is 1. The van der Waals surface area contributed by atoms with Crippen LogP contribution < -0.4 is 4.74 Å². The van der Waals surface area contributed by atoms with Crippen LogP contribution in [0.2, 0.25) is 5.02 Å². The van der Waals surface area contributed by atoms with Crippen LogP contribution >= 0.6 is 22.5 Å². The van der Waals surface area contributed by atoms with Crippen LogP contribution in [0.1, 0.15) is 5.56 Å². The fraction of sp³-hybridized carbons (Fsp3) is 0.133. The van der Waals surface area contributed by atoms with Gasteiger partial charge in [0.1, 0.15) is 5.75 Å². The number of nitrogens with zero attached hydrogens (tertiary/aromatic N) is 1. The van der Waals surface area contributed by atoms with Gasteiger partial charge >= 0.3 is 0 Å². The summed E-state index contributed by atoms with van der Waals surface area (Å²) < 4.78 is 5.22. The van der Waals surface area contributed by atoms with Crippen molar-refractivity contribution in [3.8, 4) is 5.75 Å². The van der Waals surface area contributed by atoms with Crippen LogP contribution in [0.15, 0.2) is 52.4 Å². The number of hydrogen-bond acceptors (Lipinski definition) is 2. The molecule has 0 aliphatic carbocycles. The van der Waals surface area contributed by atoms with Crippen LogP contribution in [0.3, 0.4) is 0 Å². The molecule has 1 unspecified atom stereocenters. The number of fused-ring (bicyclic) bond motifs is 1. The first-order valence-corrected chi connectivity index (χ1v) is 7.97. The van der Waals surface area contributed by atoms with Gasteiger partial charge in [-0.1, -0.05) is 23.7 Å². The number of ether oxygens (including phenoxy) is 1. The second-order valence-electron chi connectivity index (χ2n) is 4.35. The molecule has 3 rings (SSSR count). The van der Waals surface area contributed by atoms with Crippen molar-refractivity contribution in [3.63, 3.8) is 0 Å². The molecule has 0 saturated heterocycles. The van der Waals surface area contributed by atoms with E-state index in [9.17, 15) is 0 Å². The molecule has 1 heterocycles. The minimum Gasteiger partial charge on any atom is -0.497 e. The highest BCUT2D eigenvalue weighted by Crippen LogP contribution is 2.48. The highest BCUT2D eigenvalue weighted by Gasteiger charge is 2.16. The summed E-state index contributed by atoms with van der Waals surface area (Å²) in [5.74, 6) is 1.87. The summed E-state index contributed by atoms with van der Waals surface area (Å²) in [4.78, 5) is 5.83. The molecule has 2 aromatic rings. The van der Waals surface area contributed by atoms with Gasteiger partial charge in [-0.2, -0.15) is 10.9 Å². The van der Waals surface area contributed by atoms with Crippen LogP contribution in [0.5, 0.6) is 5.75 Å². The largest absolute Gasteiger partial charge is 0.497 e. The number of benzene rings is 2. The van der Waals surface area contributed by atoms with Gasteiger partial charge in [0, 0.05) is 27.3 Å². The molecule has 1 aliphatic rings. The van der Waals surface area contributed by atoms with Gasteiger partial charge in [-0.15, -0.1) is 0 Å². The molecule has 1 aliphatic heterocycles. The zero-order chi connectivity index (χ0) is 13.2. The Kier molecular flexibility index (Phi) is 3.49. The molecule has 0 amide bonds. The maximum Gasteiger partial charge on any atom is 0.121 e. The van der Waals surface area contributed by atoms with Crippen LogP contribution in [-0.4, -0.2) is 12.7 Å². The Balaban J connectivity index is 1.83. The maximum absolute atomic E-state index is 5.91. The van der Waals surface area contributed by atoms with Gasteiger partial charge in [-0.25, -0.2) is 0 Å². The Labute approximate surface area is 120 Å². The standard InChI is InChI=1S/C15H14ClNOS/c1-18-13-6-7-15-14(8-13)17-10-19(15)9-11-2-4-12(16)5-3-11/h2-8,10,19H,9H2,1H3. The second-order valence-corrected chi connectivity index (χ2v) is 6.76. The number of aliphatic imine (C=N–C) groups is 1. The first-order valence-electron chi connectivity index (χ1n) is 5.99. The number of methoxy groups -OCH3 is 1. The van der Waals surface area contributed by atoms with Crippen molar-refractivity contribution in [3.05, 3.63) is 53.1 Å². The third-order valence-corrected chi connectivity index (χ3v) is 5.44. The fourth-order valence-corrected chi connectivity index (χ4v) is 4.14. The molecule has 19 heavy (non-hydrogen) atoms. The third kappa shape index (κ3) is 2.62. The predicted molar refractivity (Wildman–Crippen MR) is 83.6 cm³/mol. The molecule has 0 fully saturated rings. The van der Waals surface area contributed by atoms with E-state index in [1.165, 1.54) is 10.5 Å². The monoisotopic (exact) mass is 291 g/mol. The molecule has 0 saturated carbocycles. The van der Waals surface area contributed by atoms with Gasteiger partial charge in [-0.3, -0.25) is 4.99 Å². The van der Waals surface area contributed by atoms with Crippen molar-refractivity contribution in [1.29, 1.82) is 0 Å². The smallest absolute Gasteiger partial charge is 0.121 e. The normalized spacial score (nSPS) is 18.3. The predicted octanol–water partition coefficient (Wildman–Crippen LogP) is 4.58. The zero-order valence-electron chi connectivity index (χ0n) is 10.5. The van der Waals surface area contributed by atoms with Gasteiger partial charge < -0.3 is 4.74 Å². The Bertz CT molecular complexity index is 625. The average molecular weight is 292 g/mol. The van der Waals surface area contributed by atoms with E-state index >= 15 is 0 Å². The van der Waals surface area contributed by atoms with Crippen molar-refractivity contribution in [1.82, 2.24) is 0 Å². The number of rotatable bonds is 3. The Morgan fingerprint density at radius 2 is 1.95 bits per heavy atom. The molecule has 2 nitrogen and oxygen atoms in total. The van der Waals surface area contributed by atoms with Gasteiger partial charge in [0.05, 0.1) is 12.8 Å². The molecule has 1 atom stereocenters. The SMILES string of the molecule is COc1ccc2c(c1)N=C[SH]2Cc1ccc(Cl)cc1. The summed E-state index contributed by atoms with van der Waals surface area (Å²) in [7, 11) is 1.32. The lowest BCUT2D eigenvalue weighted by molar-refractivity contribution is 0.414. The van der Waals surface area contributed by atoms with Gasteiger partial charge in [0.25, 0.3) is 0 Å². The fourth-order valence-electron chi connectivity index (χ4n) is 2.08. The maximum atomic E-state index is 5.91. The molecule has 0 N–H and O–H groups in total. The van der Waals surface area contributed by atoms with E-state index in [1.54, 1.807) is 7.11 Å². The minimum atomic E-state index is -0.355. The minimum absolute atomic E-state index is 0.355. The lowest BCUT2D eigenvalue weighted by Gasteiger charge is -2.14. The summed E-state index contributed by atoms with van der Waals surface area (Å²) in [6, 6.07) is 14.2. The second kappa shape index (κ2) is 5.27. The number of halogens is 1. The Morgan fingerprint density at radius 1 is 1.16 bits per heavy atom. The summed E-state index contributed by atoms with van der Waals surface area (Å²) in [5.41, 5.74) is 4.42. The van der Waals surface area contributed by atoms with Crippen LogP contribution in [-0.2, 0) is 5.75 Å². The highest BCUT2D eigenvalue weighted by molar-refractivity contribution is 8.28. The van der Waals surface area contributed by atoms with Gasteiger partial charge in [0.2, 0.25) is 0 Å². The van der Waals surface area contributed by atoms with Crippen LogP contribution in [0, 0.1) is 0 Å². The van der Waals surface area contributed by atoms with Gasteiger partial charge in [-0.05, 0) is 29.8 Å². The van der Waals surface area contributed by atoms with Crippen molar-refractivity contribution >= 4 is 33.7 Å². The van der Waals surface area contributed by atoms with Crippen molar-refractivity contribution in [2.24, 2.45) is 4.99 Å². The molecule has 0 aromatic heterocycles. The topological polar surface area (TPSA) is 21.6 Å². The summed E-state index contributed by atoms with van der Waals surface area (Å²) in [5, 5.41) is 0.779. The number of hydrogen-bond donors (Lipinski definition) is 1. The molecule has 0 bridgehead atoms. The molecule has 0 spiro atoms. The molecule has 98 valence electrons. The van der Waals surface area contributed by atoms with E-state index in [-0.39, 0.29) is 10.9 Å². The summed E-state index contributed by atoms with van der Waals surface area (Å²) in [6.07, 6.45) is 0. The average Bonchev–Trinajstić information content (AvgIpc) is 2.83. The van der Waals surface area contributed by atoms with Crippen molar-refractivity contribution in [2.45, 2.75) is 10.6 Å². The van der Waals surface area contributed by atoms with Crippen LogP contribution in [0.4, 0.5) is 5.69 Å². The summed E-state index contributed by atoms with van der Waals surface area (Å²) in [6.45, 7) is 0. The third-order valence-electron chi connectivity index (χ3n) is 3.09. The highest BCUT2D eigenvalue weighted by atomic mass is 35.5. The lowest BCUT2D eigenvalue weighted by Crippen LogP contribution is -1.88. The van der Waals surface area contributed by atoms with E-state index in [0.29, 0.717) is 0 Å². The lowest BCUT2D eigenvalue weighted by atomic mass is 10.2. The van der Waals surface area contributed by atoms with Crippen molar-refractivity contribution < 1.29 is 4.74 Å². The van der Waals surface area contributed by atoms with Crippen molar-refractivity contribution in [2.75, 3.05) is 7.11 Å². The zero-order valence-corrected chi connectivity index (χ0v) is 12.2. The molecule has 4 heteroatoms. The van der Waals surface area contributed by atoms with Gasteiger partial charge in [0.15, 0.2) is 0 Å². The van der Waals surface area contributed by atoms with E-state index in [0.717, 1.165) is 22.2 Å². The Morgan fingerprint density at radius 3 is 2.68 bits per heavy atom. The first-order chi connectivity index (χ1) is 9.26. The molecular weight excluding hydrogens is 278 g/mol. The quantitative estimate of drug-likeness (QED) is 0.821. The Hall–Kier alpha value is -1.45. The summed E-state index contributed by atoms with van der Waals surface area (Å²) >= 11 is 5.91. The van der Waals surface area contributed by atoms with E-state index in [1.807, 2.05) is 24.3 Å². The van der Waals surface area contributed by atoms with E-state index < -0.39 is 0 Å².